The van der Waals surface area contributed by atoms with Crippen molar-refractivity contribution in [2.75, 3.05) is 0 Å². The summed E-state index contributed by atoms with van der Waals surface area (Å²) in [6.45, 7) is 4.82. The lowest BCUT2D eigenvalue weighted by Crippen LogP contribution is -2.14. The van der Waals surface area contributed by atoms with E-state index >= 15 is 0 Å². The van der Waals surface area contributed by atoms with Crippen LogP contribution in [0.1, 0.15) is 49.4 Å². The topological polar surface area (TPSA) is 101 Å². The molecule has 9 nitrogen and oxygen atoms in total. The van der Waals surface area contributed by atoms with Crippen molar-refractivity contribution in [3.05, 3.63) is 90.2 Å². The highest BCUT2D eigenvalue weighted by atomic mass is 79.9. The van der Waals surface area contributed by atoms with Crippen molar-refractivity contribution in [3.63, 3.8) is 0 Å². The molecule has 1 atom stereocenters. The van der Waals surface area contributed by atoms with Gasteiger partial charge in [-0.2, -0.15) is 19.0 Å². The molecule has 4 aromatic rings. The van der Waals surface area contributed by atoms with Gasteiger partial charge in [0.1, 0.15) is 22.2 Å². The third-order valence-corrected chi connectivity index (χ3v) is 7.03. The number of pyridine rings is 1. The lowest BCUT2D eigenvalue weighted by molar-refractivity contribution is -0.390. The lowest BCUT2D eigenvalue weighted by Gasteiger charge is -2.19. The molecule has 0 fully saturated rings. The first-order valence-electron chi connectivity index (χ1n) is 11.3. The molecule has 3 aromatic heterocycles. The normalized spacial score (nSPS) is 12.5. The summed E-state index contributed by atoms with van der Waals surface area (Å²) in [5.41, 5.74) is 1.17. The third-order valence-electron chi connectivity index (χ3n) is 5.68. The SMILES string of the molecule is CCn1ncc(Cc2cc(C(C)(F)F)nn2-c2ccc(F)cc2C(C)Oc2cc(Br)cnc2[N+](=O)[O-])c1Br. The Hall–Kier alpha value is -3.26. The summed E-state index contributed by atoms with van der Waals surface area (Å²) in [5, 5.41) is 19.9. The Morgan fingerprint density at radius 3 is 2.58 bits per heavy atom. The van der Waals surface area contributed by atoms with E-state index in [1.807, 2.05) is 6.92 Å². The first kappa shape index (κ1) is 27.8. The predicted molar refractivity (Wildman–Crippen MR) is 139 cm³/mol. The van der Waals surface area contributed by atoms with E-state index in [0.29, 0.717) is 21.3 Å². The molecule has 0 amide bonds. The van der Waals surface area contributed by atoms with Crippen LogP contribution in [0.5, 0.6) is 5.75 Å². The van der Waals surface area contributed by atoms with Gasteiger partial charge >= 0.3 is 5.82 Å². The van der Waals surface area contributed by atoms with Crippen LogP contribution < -0.4 is 4.74 Å². The number of halogens is 5. The van der Waals surface area contributed by atoms with Crippen LogP contribution in [0.25, 0.3) is 5.69 Å². The van der Waals surface area contributed by atoms with E-state index in [2.05, 4.69) is 47.0 Å². The van der Waals surface area contributed by atoms with Gasteiger partial charge < -0.3 is 14.9 Å². The van der Waals surface area contributed by atoms with Crippen LogP contribution in [-0.4, -0.2) is 29.5 Å². The Bertz CT molecular complexity index is 1500. The average molecular weight is 658 g/mol. The number of ether oxygens (including phenoxy) is 1. The van der Waals surface area contributed by atoms with Gasteiger partial charge in [-0.3, -0.25) is 4.68 Å². The van der Waals surface area contributed by atoms with Crippen molar-refractivity contribution in [1.82, 2.24) is 24.5 Å². The number of aryl methyl sites for hydroxylation is 1. The standard InChI is InChI=1S/C24H21Br2F3N6O3/c1-4-33-22(26)14(11-31-33)7-17-10-21(24(3,28)29)32-34(17)19-6-5-16(27)9-18(19)13(2)38-20-8-15(25)12-30-23(20)35(36)37/h5-6,8-13H,4,7H2,1-3H3. The van der Waals surface area contributed by atoms with Crippen molar-refractivity contribution < 1.29 is 22.8 Å². The number of hydrogen-bond donors (Lipinski definition) is 0. The average Bonchev–Trinajstić information content (AvgIpc) is 3.42. The van der Waals surface area contributed by atoms with E-state index in [1.54, 1.807) is 17.8 Å². The highest BCUT2D eigenvalue weighted by Gasteiger charge is 2.31. The van der Waals surface area contributed by atoms with Crippen molar-refractivity contribution >= 4 is 37.7 Å². The molecule has 0 aliphatic heterocycles. The van der Waals surface area contributed by atoms with Crippen LogP contribution in [0.4, 0.5) is 19.0 Å². The van der Waals surface area contributed by atoms with Gasteiger partial charge in [0.05, 0.1) is 16.4 Å². The van der Waals surface area contributed by atoms with Gasteiger partial charge in [0, 0.05) is 42.8 Å². The summed E-state index contributed by atoms with van der Waals surface area (Å²) < 4.78 is 53.1. The van der Waals surface area contributed by atoms with Crippen molar-refractivity contribution in [3.8, 4) is 11.4 Å². The second-order valence-corrected chi connectivity index (χ2v) is 10.1. The van der Waals surface area contributed by atoms with Gasteiger partial charge in [-0.1, -0.05) is 0 Å². The molecule has 0 bridgehead atoms. The zero-order chi connectivity index (χ0) is 27.8. The molecule has 1 aromatic carbocycles. The molecular weight excluding hydrogens is 637 g/mol. The lowest BCUT2D eigenvalue weighted by atomic mass is 10.1. The van der Waals surface area contributed by atoms with Gasteiger partial charge in [-0.15, -0.1) is 0 Å². The van der Waals surface area contributed by atoms with Crippen LogP contribution in [0.2, 0.25) is 0 Å². The van der Waals surface area contributed by atoms with E-state index in [-0.39, 0.29) is 23.4 Å². The molecule has 14 heteroatoms. The first-order chi connectivity index (χ1) is 17.9. The fraction of sp³-hybridized carbons (Fsp3) is 0.292. The van der Waals surface area contributed by atoms with Crippen LogP contribution in [0.3, 0.4) is 0 Å². The van der Waals surface area contributed by atoms with Gasteiger partial charge in [0.15, 0.2) is 6.20 Å². The number of alkyl halides is 2. The number of benzene rings is 1. The zero-order valence-corrected chi connectivity index (χ0v) is 23.5. The van der Waals surface area contributed by atoms with Crippen LogP contribution in [-0.2, 0) is 18.9 Å². The van der Waals surface area contributed by atoms with Crippen LogP contribution in [0.15, 0.2) is 51.8 Å². The summed E-state index contributed by atoms with van der Waals surface area (Å²) >= 11 is 6.70. The largest absolute Gasteiger partial charge is 0.478 e. The van der Waals surface area contributed by atoms with Crippen molar-refractivity contribution in [2.45, 2.75) is 45.8 Å². The van der Waals surface area contributed by atoms with Gasteiger partial charge in [0.25, 0.3) is 5.92 Å². The molecule has 0 aliphatic carbocycles. The molecule has 200 valence electrons. The Morgan fingerprint density at radius 1 is 1.21 bits per heavy atom. The maximum absolute atomic E-state index is 14.4. The third kappa shape index (κ3) is 5.75. The fourth-order valence-corrected chi connectivity index (χ4v) is 4.74. The maximum Gasteiger partial charge on any atom is 0.406 e. The molecular formula is C24H21Br2F3N6O3. The summed E-state index contributed by atoms with van der Waals surface area (Å²) in [6.07, 6.45) is 2.12. The Balaban J connectivity index is 1.82. The maximum atomic E-state index is 14.4. The van der Waals surface area contributed by atoms with E-state index in [9.17, 15) is 23.3 Å². The van der Waals surface area contributed by atoms with Gasteiger partial charge in [-0.05, 0) is 79.9 Å². The molecule has 0 radical (unpaired) electrons. The van der Waals surface area contributed by atoms with E-state index in [1.165, 1.54) is 41.2 Å². The number of rotatable bonds is 9. The summed E-state index contributed by atoms with van der Waals surface area (Å²) in [6, 6.07) is 6.42. The summed E-state index contributed by atoms with van der Waals surface area (Å²) in [7, 11) is 0. The quantitative estimate of drug-likeness (QED) is 0.143. The molecule has 0 saturated carbocycles. The van der Waals surface area contributed by atoms with Gasteiger partial charge in [-0.25, -0.2) is 9.07 Å². The Kier molecular flexibility index (Phi) is 7.93. The monoisotopic (exact) mass is 656 g/mol. The molecule has 3 heterocycles. The number of aromatic nitrogens is 5. The molecule has 1 unspecified atom stereocenters. The Labute approximate surface area is 232 Å². The number of nitro groups is 1. The highest BCUT2D eigenvalue weighted by molar-refractivity contribution is 9.10. The van der Waals surface area contributed by atoms with E-state index < -0.39 is 34.3 Å². The van der Waals surface area contributed by atoms with Crippen LogP contribution in [0, 0.1) is 15.9 Å². The molecule has 38 heavy (non-hydrogen) atoms. The number of nitrogens with zero attached hydrogens (tertiary/aromatic N) is 6. The molecule has 0 N–H and O–H groups in total. The smallest absolute Gasteiger partial charge is 0.406 e. The molecule has 0 saturated heterocycles. The number of hydrogen-bond acceptors (Lipinski definition) is 6. The molecule has 0 spiro atoms. The van der Waals surface area contributed by atoms with E-state index in [0.717, 1.165) is 12.5 Å². The minimum atomic E-state index is -3.24. The summed E-state index contributed by atoms with van der Waals surface area (Å²) in [4.78, 5) is 14.5. The highest BCUT2D eigenvalue weighted by Crippen LogP contribution is 2.35. The fourth-order valence-electron chi connectivity index (χ4n) is 3.85. The van der Waals surface area contributed by atoms with Gasteiger partial charge in [0.2, 0.25) is 5.75 Å². The zero-order valence-electron chi connectivity index (χ0n) is 20.3. The van der Waals surface area contributed by atoms with Crippen molar-refractivity contribution in [1.29, 1.82) is 0 Å². The minimum absolute atomic E-state index is 0.149. The predicted octanol–water partition coefficient (Wildman–Crippen LogP) is 6.90. The summed E-state index contributed by atoms with van der Waals surface area (Å²) in [5.74, 6) is -4.52. The van der Waals surface area contributed by atoms with Crippen LogP contribution >= 0.6 is 31.9 Å². The molecule has 4 rings (SSSR count). The minimum Gasteiger partial charge on any atom is -0.478 e. The first-order valence-corrected chi connectivity index (χ1v) is 12.9. The molecule has 0 aliphatic rings. The van der Waals surface area contributed by atoms with E-state index in [4.69, 9.17) is 4.74 Å². The van der Waals surface area contributed by atoms with Crippen molar-refractivity contribution in [2.24, 2.45) is 0 Å². The Morgan fingerprint density at radius 2 is 1.95 bits per heavy atom. The second-order valence-electron chi connectivity index (χ2n) is 8.47. The second kappa shape index (κ2) is 10.8.